The SMILES string of the molecule is COc1cccc(CN2C[C@@H](c3ccccc3)[C@H](c3ccn[nH]3)C2)c1. The fourth-order valence-corrected chi connectivity index (χ4v) is 3.87. The topological polar surface area (TPSA) is 41.1 Å². The number of ether oxygens (including phenoxy) is 1. The minimum Gasteiger partial charge on any atom is -0.497 e. The van der Waals surface area contributed by atoms with Crippen LogP contribution in [0.4, 0.5) is 0 Å². The van der Waals surface area contributed by atoms with Crippen molar-refractivity contribution in [1.82, 2.24) is 15.1 Å². The summed E-state index contributed by atoms with van der Waals surface area (Å²) >= 11 is 0. The number of rotatable bonds is 5. The third kappa shape index (κ3) is 3.44. The first kappa shape index (κ1) is 15.9. The second-order valence-corrected chi connectivity index (χ2v) is 6.68. The second-order valence-electron chi connectivity index (χ2n) is 6.68. The van der Waals surface area contributed by atoms with E-state index in [-0.39, 0.29) is 0 Å². The van der Waals surface area contributed by atoms with E-state index in [1.54, 1.807) is 7.11 Å². The first-order chi connectivity index (χ1) is 12.3. The second kappa shape index (κ2) is 7.11. The Morgan fingerprint density at radius 2 is 1.88 bits per heavy atom. The van der Waals surface area contributed by atoms with Crippen molar-refractivity contribution in [2.45, 2.75) is 18.4 Å². The number of aromatic nitrogens is 2. The summed E-state index contributed by atoms with van der Waals surface area (Å²) in [4.78, 5) is 2.53. The van der Waals surface area contributed by atoms with Crippen LogP contribution >= 0.6 is 0 Å². The number of H-pyrrole nitrogens is 1. The predicted octanol–water partition coefficient (Wildman–Crippen LogP) is 3.80. The molecule has 1 aliphatic rings. The van der Waals surface area contributed by atoms with E-state index in [0.717, 1.165) is 25.4 Å². The zero-order valence-corrected chi connectivity index (χ0v) is 14.4. The Bertz CT molecular complexity index is 801. The Morgan fingerprint density at radius 3 is 2.64 bits per heavy atom. The lowest BCUT2D eigenvalue weighted by atomic mass is 9.87. The summed E-state index contributed by atoms with van der Waals surface area (Å²) < 4.78 is 5.36. The summed E-state index contributed by atoms with van der Waals surface area (Å²) in [5.41, 5.74) is 3.91. The summed E-state index contributed by atoms with van der Waals surface area (Å²) in [6.07, 6.45) is 1.85. The van der Waals surface area contributed by atoms with Crippen LogP contribution in [0.25, 0.3) is 0 Å². The fourth-order valence-electron chi connectivity index (χ4n) is 3.87. The average Bonchev–Trinajstić information content (AvgIpc) is 3.32. The van der Waals surface area contributed by atoms with Crippen LogP contribution in [0.3, 0.4) is 0 Å². The van der Waals surface area contributed by atoms with E-state index in [9.17, 15) is 0 Å². The van der Waals surface area contributed by atoms with Crippen LogP contribution in [0.1, 0.15) is 28.7 Å². The van der Waals surface area contributed by atoms with Crippen LogP contribution in [-0.2, 0) is 6.54 Å². The van der Waals surface area contributed by atoms with Gasteiger partial charge >= 0.3 is 0 Å². The number of methoxy groups -OCH3 is 1. The van der Waals surface area contributed by atoms with Crippen LogP contribution in [0.15, 0.2) is 66.9 Å². The fraction of sp³-hybridized carbons (Fsp3) is 0.286. The molecule has 1 aromatic heterocycles. The molecule has 3 aromatic rings. The van der Waals surface area contributed by atoms with Gasteiger partial charge in [-0.2, -0.15) is 5.10 Å². The summed E-state index contributed by atoms with van der Waals surface area (Å²) in [6, 6.07) is 21.3. The van der Waals surface area contributed by atoms with E-state index in [1.165, 1.54) is 16.8 Å². The van der Waals surface area contributed by atoms with E-state index in [0.29, 0.717) is 11.8 Å². The van der Waals surface area contributed by atoms with Crippen molar-refractivity contribution >= 4 is 0 Å². The van der Waals surface area contributed by atoms with Gasteiger partial charge in [-0.15, -0.1) is 0 Å². The Morgan fingerprint density at radius 1 is 1.04 bits per heavy atom. The normalized spacial score (nSPS) is 20.7. The molecule has 4 nitrogen and oxygen atoms in total. The average molecular weight is 333 g/mol. The molecule has 1 N–H and O–H groups in total. The molecule has 25 heavy (non-hydrogen) atoms. The summed E-state index contributed by atoms with van der Waals surface area (Å²) in [6.45, 7) is 3.01. The van der Waals surface area contributed by atoms with Gasteiger partial charge in [-0.1, -0.05) is 42.5 Å². The molecule has 0 bridgehead atoms. The van der Waals surface area contributed by atoms with Crippen LogP contribution in [0.5, 0.6) is 5.75 Å². The molecule has 2 atom stereocenters. The highest BCUT2D eigenvalue weighted by Crippen LogP contribution is 2.39. The molecule has 2 aromatic carbocycles. The summed E-state index contributed by atoms with van der Waals surface area (Å²) in [5.74, 6) is 1.84. The number of nitrogens with one attached hydrogen (secondary N) is 1. The van der Waals surface area contributed by atoms with Gasteiger partial charge in [0, 0.05) is 43.4 Å². The molecular weight excluding hydrogens is 310 g/mol. The quantitative estimate of drug-likeness (QED) is 0.772. The van der Waals surface area contributed by atoms with Crippen LogP contribution in [-0.4, -0.2) is 35.3 Å². The van der Waals surface area contributed by atoms with Gasteiger partial charge in [-0.25, -0.2) is 0 Å². The number of nitrogens with zero attached hydrogens (tertiary/aromatic N) is 2. The van der Waals surface area contributed by atoms with Gasteiger partial charge in [-0.05, 0) is 29.3 Å². The van der Waals surface area contributed by atoms with Gasteiger partial charge in [-0.3, -0.25) is 10.00 Å². The van der Waals surface area contributed by atoms with Crippen LogP contribution < -0.4 is 4.74 Å². The maximum Gasteiger partial charge on any atom is 0.119 e. The molecule has 0 saturated carbocycles. The monoisotopic (exact) mass is 333 g/mol. The summed E-state index contributed by atoms with van der Waals surface area (Å²) in [5, 5.41) is 7.35. The molecule has 1 aliphatic heterocycles. The number of hydrogen-bond acceptors (Lipinski definition) is 3. The highest BCUT2D eigenvalue weighted by atomic mass is 16.5. The van der Waals surface area contributed by atoms with E-state index in [1.807, 2.05) is 12.3 Å². The molecule has 4 heteroatoms. The molecule has 0 radical (unpaired) electrons. The third-order valence-electron chi connectivity index (χ3n) is 5.09. The third-order valence-corrected chi connectivity index (χ3v) is 5.09. The van der Waals surface area contributed by atoms with Gasteiger partial charge in [0.2, 0.25) is 0 Å². The molecule has 0 unspecified atom stereocenters. The Hall–Kier alpha value is -2.59. The lowest BCUT2D eigenvalue weighted by Crippen LogP contribution is -2.20. The van der Waals surface area contributed by atoms with Gasteiger partial charge in [0.05, 0.1) is 7.11 Å². The largest absolute Gasteiger partial charge is 0.497 e. The van der Waals surface area contributed by atoms with Crippen molar-refractivity contribution in [1.29, 1.82) is 0 Å². The Labute approximate surface area is 148 Å². The van der Waals surface area contributed by atoms with Crippen molar-refractivity contribution in [3.8, 4) is 5.75 Å². The van der Waals surface area contributed by atoms with Crippen molar-refractivity contribution < 1.29 is 4.74 Å². The first-order valence-electron chi connectivity index (χ1n) is 8.73. The van der Waals surface area contributed by atoms with Gasteiger partial charge in [0.15, 0.2) is 0 Å². The van der Waals surface area contributed by atoms with Crippen LogP contribution in [0, 0.1) is 0 Å². The maximum absolute atomic E-state index is 5.36. The molecule has 4 rings (SSSR count). The Balaban J connectivity index is 1.57. The lowest BCUT2D eigenvalue weighted by molar-refractivity contribution is 0.322. The van der Waals surface area contributed by atoms with Crippen molar-refractivity contribution in [3.63, 3.8) is 0 Å². The van der Waals surface area contributed by atoms with E-state index in [2.05, 4.69) is 69.7 Å². The maximum atomic E-state index is 5.36. The van der Waals surface area contributed by atoms with Crippen molar-refractivity contribution in [3.05, 3.63) is 83.7 Å². The minimum absolute atomic E-state index is 0.440. The molecular formula is C21H23N3O. The van der Waals surface area contributed by atoms with Crippen molar-refractivity contribution in [2.24, 2.45) is 0 Å². The molecule has 2 heterocycles. The number of hydrogen-bond donors (Lipinski definition) is 1. The molecule has 1 saturated heterocycles. The highest BCUT2D eigenvalue weighted by molar-refractivity contribution is 5.30. The van der Waals surface area contributed by atoms with E-state index in [4.69, 9.17) is 4.74 Å². The lowest BCUT2D eigenvalue weighted by Gasteiger charge is -2.17. The molecule has 1 fully saturated rings. The van der Waals surface area contributed by atoms with Crippen LogP contribution in [0.2, 0.25) is 0 Å². The first-order valence-corrected chi connectivity index (χ1v) is 8.73. The number of benzene rings is 2. The van der Waals surface area contributed by atoms with Gasteiger partial charge < -0.3 is 4.74 Å². The zero-order valence-electron chi connectivity index (χ0n) is 14.4. The zero-order chi connectivity index (χ0) is 17.1. The molecule has 0 aliphatic carbocycles. The minimum atomic E-state index is 0.440. The predicted molar refractivity (Wildman–Crippen MR) is 98.8 cm³/mol. The van der Waals surface area contributed by atoms with Gasteiger partial charge in [0.1, 0.15) is 5.75 Å². The smallest absolute Gasteiger partial charge is 0.119 e. The summed E-state index contributed by atoms with van der Waals surface area (Å²) in [7, 11) is 1.72. The van der Waals surface area contributed by atoms with E-state index < -0.39 is 0 Å². The van der Waals surface area contributed by atoms with E-state index >= 15 is 0 Å². The van der Waals surface area contributed by atoms with Gasteiger partial charge in [0.25, 0.3) is 0 Å². The highest BCUT2D eigenvalue weighted by Gasteiger charge is 2.35. The van der Waals surface area contributed by atoms with Crippen molar-refractivity contribution in [2.75, 3.05) is 20.2 Å². The number of likely N-dealkylation sites (tertiary alicyclic amines) is 1. The Kier molecular flexibility index (Phi) is 4.53. The standard InChI is InChI=1S/C21H23N3O/c1-25-18-9-5-6-16(12-18)13-24-14-19(17-7-3-2-4-8-17)20(15-24)21-10-11-22-23-21/h2-12,19-20H,13-15H2,1H3,(H,22,23)/t19-,20+/m0/s1. The number of aromatic amines is 1. The molecule has 128 valence electrons. The molecule has 0 amide bonds. The molecule has 0 spiro atoms.